The number of amides is 1. The molecule has 26 heavy (non-hydrogen) atoms. The molecule has 4 rings (SSSR count). The Morgan fingerprint density at radius 1 is 1.31 bits per heavy atom. The van der Waals surface area contributed by atoms with Gasteiger partial charge in [-0.1, -0.05) is 0 Å². The van der Waals surface area contributed by atoms with Crippen LogP contribution in [-0.4, -0.2) is 39.2 Å². The number of nitrogens with zero attached hydrogens (tertiary/aromatic N) is 3. The van der Waals surface area contributed by atoms with E-state index in [0.29, 0.717) is 23.0 Å². The molecule has 0 radical (unpaired) electrons. The van der Waals surface area contributed by atoms with E-state index in [2.05, 4.69) is 44.6 Å². The maximum atomic E-state index is 12.3. The standard InChI is InChI=1S/C19H22N6O/c1-11-14(5-6-21-13-3-4-13)12(2)23-16(11)9-15-18(24-25-19(15)26)17-10-20-7-8-22-17/h7-10,13,21,23H,3-6H2,1-2H3,(H,25,26)/b15-9+. The summed E-state index contributed by atoms with van der Waals surface area (Å²) in [6.45, 7) is 5.15. The van der Waals surface area contributed by atoms with E-state index in [4.69, 9.17) is 0 Å². The Bertz CT molecular complexity index is 892. The summed E-state index contributed by atoms with van der Waals surface area (Å²) in [6.07, 6.45) is 10.2. The number of carbonyl (C=O) groups is 1. The number of nitrogens with one attached hydrogen (secondary N) is 3. The van der Waals surface area contributed by atoms with Crippen molar-refractivity contribution in [3.05, 3.63) is 52.4 Å². The Morgan fingerprint density at radius 2 is 2.15 bits per heavy atom. The van der Waals surface area contributed by atoms with E-state index < -0.39 is 0 Å². The van der Waals surface area contributed by atoms with Crippen molar-refractivity contribution in [3.63, 3.8) is 0 Å². The van der Waals surface area contributed by atoms with Crippen LogP contribution in [0.15, 0.2) is 29.3 Å². The molecule has 1 aliphatic heterocycles. The van der Waals surface area contributed by atoms with Crippen LogP contribution in [0.1, 0.15) is 41.1 Å². The molecule has 3 heterocycles. The number of aryl methyl sites for hydroxylation is 1. The monoisotopic (exact) mass is 350 g/mol. The van der Waals surface area contributed by atoms with Gasteiger partial charge in [0.15, 0.2) is 0 Å². The molecule has 7 nitrogen and oxygen atoms in total. The molecule has 2 aromatic rings. The summed E-state index contributed by atoms with van der Waals surface area (Å²) < 4.78 is 0. The second-order valence-corrected chi connectivity index (χ2v) is 6.80. The zero-order valence-electron chi connectivity index (χ0n) is 15.0. The van der Waals surface area contributed by atoms with Gasteiger partial charge in [0.05, 0.1) is 11.8 Å². The Balaban J connectivity index is 1.60. The van der Waals surface area contributed by atoms with Gasteiger partial charge in [-0.25, -0.2) is 5.43 Å². The lowest BCUT2D eigenvalue weighted by molar-refractivity contribution is -0.116. The van der Waals surface area contributed by atoms with Crippen molar-refractivity contribution in [3.8, 4) is 0 Å². The molecule has 2 aliphatic rings. The first-order chi connectivity index (χ1) is 12.6. The van der Waals surface area contributed by atoms with Gasteiger partial charge in [0.25, 0.3) is 5.91 Å². The molecule has 2 aromatic heterocycles. The first-order valence-electron chi connectivity index (χ1n) is 8.91. The second-order valence-electron chi connectivity index (χ2n) is 6.80. The maximum Gasteiger partial charge on any atom is 0.273 e. The van der Waals surface area contributed by atoms with Crippen molar-refractivity contribution in [2.24, 2.45) is 5.10 Å². The Labute approximate surface area is 152 Å². The van der Waals surface area contributed by atoms with Crippen LogP contribution in [0.25, 0.3) is 6.08 Å². The van der Waals surface area contributed by atoms with Crippen molar-refractivity contribution in [2.45, 2.75) is 39.2 Å². The van der Waals surface area contributed by atoms with Crippen LogP contribution in [-0.2, 0) is 11.2 Å². The minimum absolute atomic E-state index is 0.228. The highest BCUT2D eigenvalue weighted by molar-refractivity contribution is 6.32. The topological polar surface area (TPSA) is 95.1 Å². The van der Waals surface area contributed by atoms with Gasteiger partial charge >= 0.3 is 0 Å². The third-order valence-electron chi connectivity index (χ3n) is 4.88. The van der Waals surface area contributed by atoms with E-state index >= 15 is 0 Å². The van der Waals surface area contributed by atoms with Crippen molar-refractivity contribution in [1.82, 2.24) is 25.7 Å². The Morgan fingerprint density at radius 3 is 2.88 bits per heavy atom. The summed E-state index contributed by atoms with van der Waals surface area (Å²) in [6, 6.07) is 0.712. The summed E-state index contributed by atoms with van der Waals surface area (Å²) in [7, 11) is 0. The number of hydrogen-bond acceptors (Lipinski definition) is 5. The number of carbonyl (C=O) groups excluding carboxylic acids is 1. The minimum Gasteiger partial charge on any atom is -0.359 e. The molecule has 0 saturated heterocycles. The van der Waals surface area contributed by atoms with E-state index in [-0.39, 0.29) is 5.91 Å². The molecule has 3 N–H and O–H groups in total. The fourth-order valence-electron chi connectivity index (χ4n) is 3.25. The SMILES string of the molecule is Cc1[nH]c(/C=C2/C(=O)NN=C2c2cnccn2)c(C)c1CCNC1CC1. The highest BCUT2D eigenvalue weighted by atomic mass is 16.2. The first-order valence-corrected chi connectivity index (χ1v) is 8.91. The molecule has 1 amide bonds. The zero-order chi connectivity index (χ0) is 18.1. The third kappa shape index (κ3) is 3.30. The second kappa shape index (κ2) is 6.84. The number of H-pyrrole nitrogens is 1. The fraction of sp³-hybridized carbons (Fsp3) is 0.368. The highest BCUT2D eigenvalue weighted by Gasteiger charge is 2.26. The van der Waals surface area contributed by atoms with E-state index in [1.165, 1.54) is 24.0 Å². The minimum atomic E-state index is -0.228. The molecule has 1 aliphatic carbocycles. The predicted molar refractivity (Wildman–Crippen MR) is 99.7 cm³/mol. The zero-order valence-corrected chi connectivity index (χ0v) is 15.0. The maximum absolute atomic E-state index is 12.3. The predicted octanol–water partition coefficient (Wildman–Crippen LogP) is 1.63. The van der Waals surface area contributed by atoms with Gasteiger partial charge in [-0.15, -0.1) is 0 Å². The fourth-order valence-corrected chi connectivity index (χ4v) is 3.25. The molecule has 0 spiro atoms. The molecular formula is C19H22N6O. The molecule has 0 bridgehead atoms. The molecule has 0 atom stereocenters. The molecule has 0 aromatic carbocycles. The summed E-state index contributed by atoms with van der Waals surface area (Å²) in [4.78, 5) is 24.0. The Hall–Kier alpha value is -2.80. The van der Waals surface area contributed by atoms with Crippen molar-refractivity contribution >= 4 is 17.7 Å². The van der Waals surface area contributed by atoms with Crippen LogP contribution >= 0.6 is 0 Å². The highest BCUT2D eigenvalue weighted by Crippen LogP contribution is 2.24. The summed E-state index contributed by atoms with van der Waals surface area (Å²) in [5, 5.41) is 7.67. The summed E-state index contributed by atoms with van der Waals surface area (Å²) >= 11 is 0. The number of hydrazone groups is 1. The van der Waals surface area contributed by atoms with Crippen molar-refractivity contribution in [1.29, 1.82) is 0 Å². The lowest BCUT2D eigenvalue weighted by Crippen LogP contribution is -2.19. The lowest BCUT2D eigenvalue weighted by Gasteiger charge is -2.04. The van der Waals surface area contributed by atoms with E-state index in [0.717, 1.165) is 24.4 Å². The quantitative estimate of drug-likeness (QED) is 0.690. The van der Waals surface area contributed by atoms with Crippen LogP contribution in [0.4, 0.5) is 0 Å². The lowest BCUT2D eigenvalue weighted by atomic mass is 10.0. The normalized spacial score (nSPS) is 18.3. The van der Waals surface area contributed by atoms with Gasteiger partial charge in [0, 0.05) is 29.8 Å². The summed E-state index contributed by atoms with van der Waals surface area (Å²) in [5.41, 5.74) is 8.67. The van der Waals surface area contributed by atoms with Crippen molar-refractivity contribution < 1.29 is 4.79 Å². The largest absolute Gasteiger partial charge is 0.359 e. The smallest absolute Gasteiger partial charge is 0.273 e. The van der Waals surface area contributed by atoms with Crippen LogP contribution in [0.2, 0.25) is 0 Å². The van der Waals surface area contributed by atoms with Gasteiger partial charge in [-0.05, 0) is 56.9 Å². The van der Waals surface area contributed by atoms with E-state index in [1.807, 2.05) is 6.08 Å². The van der Waals surface area contributed by atoms with E-state index in [9.17, 15) is 4.79 Å². The van der Waals surface area contributed by atoms with Crippen LogP contribution < -0.4 is 10.7 Å². The molecule has 1 saturated carbocycles. The average molecular weight is 350 g/mol. The third-order valence-corrected chi connectivity index (χ3v) is 4.88. The molecule has 7 heteroatoms. The van der Waals surface area contributed by atoms with E-state index in [1.54, 1.807) is 18.6 Å². The van der Waals surface area contributed by atoms with Crippen LogP contribution in [0.3, 0.4) is 0 Å². The van der Waals surface area contributed by atoms with Crippen molar-refractivity contribution in [2.75, 3.05) is 6.54 Å². The number of aromatic amines is 1. The molecule has 0 unspecified atom stereocenters. The van der Waals surface area contributed by atoms with Crippen LogP contribution in [0, 0.1) is 13.8 Å². The number of hydrogen-bond donors (Lipinski definition) is 3. The van der Waals surface area contributed by atoms with Gasteiger partial charge in [-0.2, -0.15) is 5.10 Å². The first kappa shape index (κ1) is 16.7. The number of rotatable bonds is 6. The van der Waals surface area contributed by atoms with Gasteiger partial charge in [0.1, 0.15) is 11.4 Å². The average Bonchev–Trinajstić information content (AvgIpc) is 3.35. The summed E-state index contributed by atoms with van der Waals surface area (Å²) in [5.74, 6) is -0.228. The van der Waals surface area contributed by atoms with Gasteiger partial charge < -0.3 is 10.3 Å². The van der Waals surface area contributed by atoms with Gasteiger partial charge in [0.2, 0.25) is 0 Å². The van der Waals surface area contributed by atoms with Gasteiger partial charge in [-0.3, -0.25) is 14.8 Å². The number of aromatic nitrogens is 3. The van der Waals surface area contributed by atoms with Crippen LogP contribution in [0.5, 0.6) is 0 Å². The molecular weight excluding hydrogens is 328 g/mol. The molecule has 1 fully saturated rings. The molecule has 134 valence electrons. The Kier molecular flexibility index (Phi) is 4.38.